The van der Waals surface area contributed by atoms with Crippen LogP contribution in [0.25, 0.3) is 0 Å². The normalized spacial score (nSPS) is 14.6. The molecule has 1 aromatic carbocycles. The van der Waals surface area contributed by atoms with E-state index in [0.29, 0.717) is 23.3 Å². The Morgan fingerprint density at radius 2 is 2.06 bits per heavy atom. The van der Waals surface area contributed by atoms with Gasteiger partial charge in [0, 0.05) is 24.8 Å². The standard InChI is InChI=1S/C12H15N3O3/c1-9-6-12(15(17)18)11(7-10(9)13-8-16)14-4-2-3-5-14/h6-8H,2-5H2,1H3,(H,13,16). The van der Waals surface area contributed by atoms with Gasteiger partial charge in [0.05, 0.1) is 4.92 Å². The first-order valence-electron chi connectivity index (χ1n) is 5.87. The molecule has 0 unspecified atom stereocenters. The number of amides is 1. The Bertz CT molecular complexity index is 482. The van der Waals surface area contributed by atoms with Gasteiger partial charge in [0.2, 0.25) is 6.41 Å². The third-order valence-electron chi connectivity index (χ3n) is 3.18. The van der Waals surface area contributed by atoms with Gasteiger partial charge in [-0.2, -0.15) is 0 Å². The number of rotatable bonds is 4. The van der Waals surface area contributed by atoms with Gasteiger partial charge in [0.25, 0.3) is 5.69 Å². The second-order valence-corrected chi connectivity index (χ2v) is 4.37. The van der Waals surface area contributed by atoms with Crippen LogP contribution in [-0.4, -0.2) is 24.4 Å². The molecule has 2 rings (SSSR count). The van der Waals surface area contributed by atoms with Crippen molar-refractivity contribution in [2.75, 3.05) is 23.3 Å². The van der Waals surface area contributed by atoms with Crippen molar-refractivity contribution in [2.45, 2.75) is 19.8 Å². The minimum atomic E-state index is -0.370. The number of benzene rings is 1. The molecule has 18 heavy (non-hydrogen) atoms. The smallest absolute Gasteiger partial charge is 0.292 e. The van der Waals surface area contributed by atoms with Crippen molar-refractivity contribution in [3.8, 4) is 0 Å². The molecule has 0 spiro atoms. The minimum absolute atomic E-state index is 0.103. The largest absolute Gasteiger partial charge is 0.366 e. The van der Waals surface area contributed by atoms with Crippen molar-refractivity contribution >= 4 is 23.5 Å². The Labute approximate surface area is 105 Å². The summed E-state index contributed by atoms with van der Waals surface area (Å²) in [5.41, 5.74) is 2.01. The third-order valence-corrected chi connectivity index (χ3v) is 3.18. The molecule has 0 saturated carbocycles. The first kappa shape index (κ1) is 12.3. The quantitative estimate of drug-likeness (QED) is 0.503. The van der Waals surface area contributed by atoms with Gasteiger partial charge in [-0.15, -0.1) is 0 Å². The molecule has 0 aromatic heterocycles. The molecular weight excluding hydrogens is 234 g/mol. The Kier molecular flexibility index (Phi) is 3.45. The first-order chi connectivity index (χ1) is 8.63. The van der Waals surface area contributed by atoms with Gasteiger partial charge in [0.15, 0.2) is 0 Å². The number of carbonyl (C=O) groups is 1. The van der Waals surface area contributed by atoms with E-state index in [1.54, 1.807) is 13.0 Å². The van der Waals surface area contributed by atoms with Crippen LogP contribution in [0.2, 0.25) is 0 Å². The first-order valence-corrected chi connectivity index (χ1v) is 5.87. The van der Waals surface area contributed by atoms with Crippen molar-refractivity contribution in [3.05, 3.63) is 27.8 Å². The second kappa shape index (κ2) is 5.03. The Balaban J connectivity index is 2.48. The average molecular weight is 249 g/mol. The zero-order valence-corrected chi connectivity index (χ0v) is 10.2. The van der Waals surface area contributed by atoms with Crippen LogP contribution in [0.1, 0.15) is 18.4 Å². The molecule has 1 aliphatic rings. The number of nitrogens with one attached hydrogen (secondary N) is 1. The lowest BCUT2D eigenvalue weighted by Crippen LogP contribution is -2.19. The molecule has 0 radical (unpaired) electrons. The fraction of sp³-hybridized carbons (Fsp3) is 0.417. The number of nitro groups is 1. The summed E-state index contributed by atoms with van der Waals surface area (Å²) in [6.07, 6.45) is 2.67. The molecule has 0 aliphatic carbocycles. The maximum atomic E-state index is 11.1. The summed E-state index contributed by atoms with van der Waals surface area (Å²) < 4.78 is 0. The molecule has 0 atom stereocenters. The van der Waals surface area contributed by atoms with E-state index in [0.717, 1.165) is 25.9 Å². The van der Waals surface area contributed by atoms with E-state index in [9.17, 15) is 14.9 Å². The molecule has 1 N–H and O–H groups in total. The van der Waals surface area contributed by atoms with E-state index in [-0.39, 0.29) is 10.6 Å². The number of hydrogen-bond donors (Lipinski definition) is 1. The zero-order valence-electron chi connectivity index (χ0n) is 10.2. The summed E-state index contributed by atoms with van der Waals surface area (Å²) in [6.45, 7) is 3.39. The van der Waals surface area contributed by atoms with Gasteiger partial charge in [-0.3, -0.25) is 14.9 Å². The van der Waals surface area contributed by atoms with Gasteiger partial charge < -0.3 is 10.2 Å². The van der Waals surface area contributed by atoms with Crippen LogP contribution in [0.3, 0.4) is 0 Å². The summed E-state index contributed by atoms with van der Waals surface area (Å²) in [5, 5.41) is 13.7. The van der Waals surface area contributed by atoms with E-state index in [2.05, 4.69) is 5.32 Å². The highest BCUT2D eigenvalue weighted by Gasteiger charge is 2.23. The Morgan fingerprint density at radius 3 is 2.61 bits per heavy atom. The average Bonchev–Trinajstić information content (AvgIpc) is 2.84. The van der Waals surface area contributed by atoms with Crippen LogP contribution >= 0.6 is 0 Å². The predicted octanol–water partition coefficient (Wildman–Crippen LogP) is 2.07. The monoisotopic (exact) mass is 249 g/mol. The summed E-state index contributed by atoms with van der Waals surface area (Å²) in [4.78, 5) is 23.2. The zero-order chi connectivity index (χ0) is 13.1. The Hall–Kier alpha value is -2.11. The number of aryl methyl sites for hydroxylation is 1. The van der Waals surface area contributed by atoms with Crippen LogP contribution in [0, 0.1) is 17.0 Å². The molecule has 1 fully saturated rings. The fourth-order valence-electron chi connectivity index (χ4n) is 2.26. The van der Waals surface area contributed by atoms with Crippen LogP contribution in [0.15, 0.2) is 12.1 Å². The third kappa shape index (κ3) is 2.27. The second-order valence-electron chi connectivity index (χ2n) is 4.37. The van der Waals surface area contributed by atoms with Crippen LogP contribution in [-0.2, 0) is 4.79 Å². The summed E-state index contributed by atoms with van der Waals surface area (Å²) >= 11 is 0. The SMILES string of the molecule is Cc1cc([N+](=O)[O-])c(N2CCCC2)cc1NC=O. The molecule has 1 aromatic rings. The number of nitro benzene ring substituents is 1. The highest BCUT2D eigenvalue weighted by atomic mass is 16.6. The van der Waals surface area contributed by atoms with Gasteiger partial charge in [-0.05, 0) is 31.4 Å². The van der Waals surface area contributed by atoms with E-state index in [1.165, 1.54) is 6.07 Å². The number of carbonyl (C=O) groups excluding carboxylic acids is 1. The van der Waals surface area contributed by atoms with Gasteiger partial charge in [-0.25, -0.2) is 0 Å². The summed E-state index contributed by atoms with van der Waals surface area (Å²) in [5.74, 6) is 0. The fourth-order valence-corrected chi connectivity index (χ4v) is 2.26. The highest BCUT2D eigenvalue weighted by molar-refractivity contribution is 5.80. The van der Waals surface area contributed by atoms with Crippen LogP contribution in [0.5, 0.6) is 0 Å². The van der Waals surface area contributed by atoms with Crippen LogP contribution in [0.4, 0.5) is 17.1 Å². The van der Waals surface area contributed by atoms with E-state index >= 15 is 0 Å². The molecule has 1 amide bonds. The molecule has 1 heterocycles. The van der Waals surface area contributed by atoms with Crippen molar-refractivity contribution in [1.29, 1.82) is 0 Å². The minimum Gasteiger partial charge on any atom is -0.366 e. The van der Waals surface area contributed by atoms with E-state index in [1.807, 2.05) is 4.90 Å². The molecule has 6 nitrogen and oxygen atoms in total. The van der Waals surface area contributed by atoms with Gasteiger partial charge >= 0.3 is 0 Å². The molecular formula is C12H15N3O3. The van der Waals surface area contributed by atoms with Gasteiger partial charge in [0.1, 0.15) is 5.69 Å². The number of anilines is 2. The molecule has 6 heteroatoms. The van der Waals surface area contributed by atoms with Crippen LogP contribution < -0.4 is 10.2 Å². The summed E-state index contributed by atoms with van der Waals surface area (Å²) in [6, 6.07) is 3.20. The maximum Gasteiger partial charge on any atom is 0.292 e. The maximum absolute atomic E-state index is 11.1. The Morgan fingerprint density at radius 1 is 1.39 bits per heavy atom. The van der Waals surface area contributed by atoms with Crippen molar-refractivity contribution in [3.63, 3.8) is 0 Å². The topological polar surface area (TPSA) is 75.5 Å². The summed E-state index contributed by atoms with van der Waals surface area (Å²) in [7, 11) is 0. The van der Waals surface area contributed by atoms with Crippen molar-refractivity contribution in [2.24, 2.45) is 0 Å². The van der Waals surface area contributed by atoms with Crippen molar-refractivity contribution < 1.29 is 9.72 Å². The molecule has 0 bridgehead atoms. The number of hydrogen-bond acceptors (Lipinski definition) is 4. The van der Waals surface area contributed by atoms with Crippen molar-refractivity contribution in [1.82, 2.24) is 0 Å². The lowest BCUT2D eigenvalue weighted by atomic mass is 10.1. The van der Waals surface area contributed by atoms with E-state index < -0.39 is 0 Å². The lowest BCUT2D eigenvalue weighted by molar-refractivity contribution is -0.384. The highest BCUT2D eigenvalue weighted by Crippen LogP contribution is 2.35. The predicted molar refractivity (Wildman–Crippen MR) is 69.0 cm³/mol. The van der Waals surface area contributed by atoms with E-state index in [4.69, 9.17) is 0 Å². The van der Waals surface area contributed by atoms with Gasteiger partial charge in [-0.1, -0.05) is 0 Å². The lowest BCUT2D eigenvalue weighted by Gasteiger charge is -2.19. The molecule has 96 valence electrons. The molecule has 1 aliphatic heterocycles. The number of nitrogens with zero attached hydrogens (tertiary/aromatic N) is 2. The molecule has 1 saturated heterocycles.